The van der Waals surface area contributed by atoms with Crippen LogP contribution in [0.15, 0.2) is 45.3 Å². The average Bonchev–Trinajstić information content (AvgIpc) is 2.50. The van der Waals surface area contributed by atoms with Crippen LogP contribution in [0.1, 0.15) is 32.6 Å². The second-order valence-electron chi connectivity index (χ2n) is 5.54. The van der Waals surface area contributed by atoms with E-state index < -0.39 is 0 Å². The maximum atomic E-state index is 6.10. The number of anilines is 2. The van der Waals surface area contributed by atoms with Crippen molar-refractivity contribution in [2.75, 3.05) is 11.4 Å². The molecule has 2 aromatic rings. The summed E-state index contributed by atoms with van der Waals surface area (Å²) >= 11 is 7.06. The van der Waals surface area contributed by atoms with Crippen LogP contribution < -0.4 is 9.64 Å². The predicted octanol–water partition coefficient (Wildman–Crippen LogP) is 7.04. The van der Waals surface area contributed by atoms with E-state index in [0.717, 1.165) is 38.4 Å². The van der Waals surface area contributed by atoms with Gasteiger partial charge in [-0.25, -0.2) is 0 Å². The largest absolute Gasteiger partial charge is 0.453 e. The molecule has 1 heterocycles. The summed E-state index contributed by atoms with van der Waals surface area (Å²) in [5.74, 6) is 1.82. The van der Waals surface area contributed by atoms with E-state index in [2.05, 4.69) is 67.9 Å². The number of hydrogen-bond donors (Lipinski definition) is 0. The van der Waals surface area contributed by atoms with Gasteiger partial charge < -0.3 is 9.64 Å². The van der Waals surface area contributed by atoms with Crippen LogP contribution in [0.5, 0.6) is 11.5 Å². The number of unbranched alkanes of at least 4 members (excludes halogenated alkanes) is 3. The minimum atomic E-state index is 0.912. The fraction of sp³-hybridized carbons (Fsp3) is 0.333. The van der Waals surface area contributed by atoms with Crippen molar-refractivity contribution in [1.82, 2.24) is 0 Å². The van der Waals surface area contributed by atoms with E-state index in [9.17, 15) is 0 Å². The standard InChI is InChI=1S/C18H19Br2NO/c1-2-3-4-5-10-21-15-8-6-13(19)11-17(15)22-18-12-14(20)7-9-16(18)21/h6-9,11-12H,2-5,10H2,1H3. The summed E-state index contributed by atoms with van der Waals surface area (Å²) in [6, 6.07) is 12.5. The van der Waals surface area contributed by atoms with Crippen LogP contribution in [0.4, 0.5) is 11.4 Å². The molecule has 0 amide bonds. The summed E-state index contributed by atoms with van der Waals surface area (Å²) in [4.78, 5) is 2.38. The molecule has 0 N–H and O–H groups in total. The molecule has 0 saturated carbocycles. The van der Waals surface area contributed by atoms with Crippen molar-refractivity contribution in [1.29, 1.82) is 0 Å². The summed E-state index contributed by atoms with van der Waals surface area (Å²) in [7, 11) is 0. The molecule has 0 spiro atoms. The van der Waals surface area contributed by atoms with Gasteiger partial charge in [0.1, 0.15) is 0 Å². The van der Waals surface area contributed by atoms with Crippen molar-refractivity contribution in [2.24, 2.45) is 0 Å². The Labute approximate surface area is 148 Å². The Kier molecular flexibility index (Phi) is 5.09. The third-order valence-corrected chi connectivity index (χ3v) is 4.87. The van der Waals surface area contributed by atoms with E-state index >= 15 is 0 Å². The summed E-state index contributed by atoms with van der Waals surface area (Å²) in [6.45, 7) is 3.26. The average molecular weight is 425 g/mol. The molecule has 0 aromatic heterocycles. The highest BCUT2D eigenvalue weighted by molar-refractivity contribution is 9.10. The van der Waals surface area contributed by atoms with Crippen LogP contribution in [0.3, 0.4) is 0 Å². The molecule has 0 atom stereocenters. The normalized spacial score (nSPS) is 12.6. The first kappa shape index (κ1) is 15.9. The predicted molar refractivity (Wildman–Crippen MR) is 99.5 cm³/mol. The van der Waals surface area contributed by atoms with E-state index in [0.29, 0.717) is 0 Å². The molecule has 1 aliphatic rings. The van der Waals surface area contributed by atoms with E-state index in [1.54, 1.807) is 0 Å². The molecule has 116 valence electrons. The van der Waals surface area contributed by atoms with Gasteiger partial charge in [-0.3, -0.25) is 0 Å². The van der Waals surface area contributed by atoms with Crippen molar-refractivity contribution >= 4 is 43.2 Å². The highest BCUT2D eigenvalue weighted by Gasteiger charge is 2.24. The van der Waals surface area contributed by atoms with E-state index in [1.165, 1.54) is 25.7 Å². The molecule has 2 nitrogen and oxygen atoms in total. The van der Waals surface area contributed by atoms with Gasteiger partial charge in [-0.1, -0.05) is 58.0 Å². The van der Waals surface area contributed by atoms with Crippen molar-refractivity contribution in [2.45, 2.75) is 32.6 Å². The number of hydrogen-bond acceptors (Lipinski definition) is 2. The number of rotatable bonds is 5. The lowest BCUT2D eigenvalue weighted by atomic mass is 10.1. The van der Waals surface area contributed by atoms with Gasteiger partial charge in [-0.15, -0.1) is 0 Å². The summed E-state index contributed by atoms with van der Waals surface area (Å²) in [5.41, 5.74) is 2.30. The molecule has 0 aliphatic carbocycles. The number of benzene rings is 2. The van der Waals surface area contributed by atoms with E-state index in [-0.39, 0.29) is 0 Å². The smallest absolute Gasteiger partial charge is 0.152 e. The lowest BCUT2D eigenvalue weighted by Crippen LogP contribution is -2.22. The lowest BCUT2D eigenvalue weighted by Gasteiger charge is -2.33. The van der Waals surface area contributed by atoms with Crippen LogP contribution in [-0.4, -0.2) is 6.54 Å². The summed E-state index contributed by atoms with van der Waals surface area (Å²) in [6.07, 6.45) is 5.02. The van der Waals surface area contributed by atoms with Gasteiger partial charge >= 0.3 is 0 Å². The molecule has 0 radical (unpaired) electrons. The van der Waals surface area contributed by atoms with E-state index in [4.69, 9.17) is 4.74 Å². The molecule has 0 unspecified atom stereocenters. The van der Waals surface area contributed by atoms with Gasteiger partial charge in [0.25, 0.3) is 0 Å². The fourth-order valence-electron chi connectivity index (χ4n) is 2.77. The molecule has 2 aromatic carbocycles. The second-order valence-corrected chi connectivity index (χ2v) is 7.37. The van der Waals surface area contributed by atoms with E-state index in [1.807, 2.05) is 12.1 Å². The number of ether oxygens (including phenoxy) is 1. The zero-order valence-corrected chi connectivity index (χ0v) is 15.8. The highest BCUT2D eigenvalue weighted by atomic mass is 79.9. The summed E-state index contributed by atoms with van der Waals surface area (Å²) in [5, 5.41) is 0. The maximum absolute atomic E-state index is 6.10. The van der Waals surface area contributed by atoms with Gasteiger partial charge in [-0.05, 0) is 42.8 Å². The Hall–Kier alpha value is -1.00. The van der Waals surface area contributed by atoms with Crippen LogP contribution >= 0.6 is 31.9 Å². The van der Waals surface area contributed by atoms with Gasteiger partial charge in [0.05, 0.1) is 11.4 Å². The Morgan fingerprint density at radius 2 is 1.45 bits per heavy atom. The Balaban J connectivity index is 1.93. The van der Waals surface area contributed by atoms with Crippen LogP contribution in [0.25, 0.3) is 0 Å². The first-order chi connectivity index (χ1) is 10.7. The summed E-state index contributed by atoms with van der Waals surface area (Å²) < 4.78 is 8.17. The molecule has 4 heteroatoms. The van der Waals surface area contributed by atoms with Crippen molar-refractivity contribution < 1.29 is 4.74 Å². The monoisotopic (exact) mass is 423 g/mol. The molecule has 0 saturated heterocycles. The third-order valence-electron chi connectivity index (χ3n) is 3.88. The molecular weight excluding hydrogens is 406 g/mol. The van der Waals surface area contributed by atoms with Crippen molar-refractivity contribution in [3.8, 4) is 11.5 Å². The van der Waals surface area contributed by atoms with Gasteiger partial charge in [-0.2, -0.15) is 0 Å². The molecule has 3 rings (SSSR count). The van der Waals surface area contributed by atoms with Gasteiger partial charge in [0, 0.05) is 15.5 Å². The number of halogens is 2. The Morgan fingerprint density at radius 1 is 0.864 bits per heavy atom. The maximum Gasteiger partial charge on any atom is 0.152 e. The van der Waals surface area contributed by atoms with Crippen molar-refractivity contribution in [3.63, 3.8) is 0 Å². The van der Waals surface area contributed by atoms with Gasteiger partial charge in [0.2, 0.25) is 0 Å². The Morgan fingerprint density at radius 3 is 2.00 bits per heavy atom. The zero-order chi connectivity index (χ0) is 15.5. The SMILES string of the molecule is CCCCCCN1c2ccc(Br)cc2Oc2cc(Br)ccc21. The lowest BCUT2D eigenvalue weighted by molar-refractivity contribution is 0.471. The Bertz CT molecular complexity index is 621. The number of fused-ring (bicyclic) bond motifs is 2. The van der Waals surface area contributed by atoms with Crippen molar-refractivity contribution in [3.05, 3.63) is 45.3 Å². The van der Waals surface area contributed by atoms with Gasteiger partial charge in [0.15, 0.2) is 11.5 Å². The topological polar surface area (TPSA) is 12.5 Å². The first-order valence-electron chi connectivity index (χ1n) is 7.73. The second kappa shape index (κ2) is 7.05. The zero-order valence-electron chi connectivity index (χ0n) is 12.6. The van der Waals surface area contributed by atoms with Crippen LogP contribution in [0.2, 0.25) is 0 Å². The van der Waals surface area contributed by atoms with Crippen LogP contribution in [0, 0.1) is 0 Å². The quantitative estimate of drug-likeness (QED) is 0.477. The fourth-order valence-corrected chi connectivity index (χ4v) is 3.45. The highest BCUT2D eigenvalue weighted by Crippen LogP contribution is 2.48. The van der Waals surface area contributed by atoms with Crippen LogP contribution in [-0.2, 0) is 0 Å². The molecule has 1 aliphatic heterocycles. The third kappa shape index (κ3) is 3.33. The minimum Gasteiger partial charge on any atom is -0.453 e. The molecular formula is C18H19Br2NO. The minimum absolute atomic E-state index is 0.912. The molecule has 0 fully saturated rings. The molecule has 0 bridgehead atoms. The molecule has 22 heavy (non-hydrogen) atoms. The first-order valence-corrected chi connectivity index (χ1v) is 9.32. The number of nitrogens with zero attached hydrogens (tertiary/aromatic N) is 1.